The van der Waals surface area contributed by atoms with Gasteiger partial charge in [0.2, 0.25) is 0 Å². The van der Waals surface area contributed by atoms with E-state index >= 15 is 0 Å². The Morgan fingerprint density at radius 3 is 3.07 bits per heavy atom. The fourth-order valence-electron chi connectivity index (χ4n) is 0.800. The molecule has 0 aliphatic rings. The highest BCUT2D eigenvalue weighted by atomic mass is 35.5. The lowest BCUT2D eigenvalue weighted by atomic mass is 10.3. The molecule has 1 aromatic heterocycles. The lowest BCUT2D eigenvalue weighted by Gasteiger charge is -2.03. The highest BCUT2D eigenvalue weighted by Crippen LogP contribution is 2.07. The Bertz CT molecular complexity index is 267. The van der Waals surface area contributed by atoms with Crippen molar-refractivity contribution < 1.29 is 4.79 Å². The molecule has 1 rings (SSSR count). The number of carbonyl (C=O) groups is 1. The molecule has 0 aliphatic heterocycles. The molecule has 0 aliphatic carbocycles. The molecule has 1 aromatic rings. The molecule has 2 amide bonds. The standard InChI is InChI=1S/C7H11ClN4OS/c8-3-1-2-4-9-7(13)11-6-5-10-12-14-6/h5H,1-4H2,(H2,9,11,13). The molecule has 1 heterocycles. The number of halogens is 1. The molecular weight excluding hydrogens is 224 g/mol. The number of amides is 2. The fourth-order valence-corrected chi connectivity index (χ4v) is 1.40. The van der Waals surface area contributed by atoms with Crippen LogP contribution in [0.5, 0.6) is 0 Å². The fraction of sp³-hybridized carbons (Fsp3) is 0.571. The number of alkyl halides is 1. The Morgan fingerprint density at radius 1 is 1.57 bits per heavy atom. The summed E-state index contributed by atoms with van der Waals surface area (Å²) in [7, 11) is 0. The molecule has 0 atom stereocenters. The lowest BCUT2D eigenvalue weighted by molar-refractivity contribution is 0.252. The van der Waals surface area contributed by atoms with Crippen molar-refractivity contribution in [2.24, 2.45) is 0 Å². The lowest BCUT2D eigenvalue weighted by Crippen LogP contribution is -2.29. The van der Waals surface area contributed by atoms with Crippen LogP contribution in [0, 0.1) is 0 Å². The van der Waals surface area contributed by atoms with Crippen molar-refractivity contribution in [1.29, 1.82) is 0 Å². The van der Waals surface area contributed by atoms with Crippen LogP contribution >= 0.6 is 23.1 Å². The van der Waals surface area contributed by atoms with Crippen LogP contribution in [0.15, 0.2) is 6.20 Å². The molecule has 0 radical (unpaired) electrons. The van der Waals surface area contributed by atoms with E-state index in [4.69, 9.17) is 11.6 Å². The van der Waals surface area contributed by atoms with E-state index in [0.717, 1.165) is 24.4 Å². The van der Waals surface area contributed by atoms with E-state index in [-0.39, 0.29) is 6.03 Å². The third-order valence-electron chi connectivity index (χ3n) is 1.44. The van der Waals surface area contributed by atoms with Gasteiger partial charge in [0.05, 0.1) is 6.20 Å². The van der Waals surface area contributed by atoms with Gasteiger partial charge >= 0.3 is 6.03 Å². The number of hydrogen-bond acceptors (Lipinski definition) is 4. The van der Waals surface area contributed by atoms with Gasteiger partial charge in [-0.2, -0.15) is 0 Å². The maximum atomic E-state index is 11.2. The van der Waals surface area contributed by atoms with E-state index in [1.54, 1.807) is 0 Å². The number of carbonyl (C=O) groups excluding carboxylic acids is 1. The second-order valence-corrected chi connectivity index (χ2v) is 3.72. The summed E-state index contributed by atoms with van der Waals surface area (Å²) in [5.41, 5.74) is 0. The number of nitrogens with zero attached hydrogens (tertiary/aromatic N) is 2. The normalized spacial score (nSPS) is 9.79. The molecule has 2 N–H and O–H groups in total. The van der Waals surface area contributed by atoms with Crippen LogP contribution in [0.1, 0.15) is 12.8 Å². The molecule has 0 spiro atoms. The smallest absolute Gasteiger partial charge is 0.319 e. The average Bonchev–Trinajstić information content (AvgIpc) is 2.65. The molecule has 78 valence electrons. The number of aromatic nitrogens is 2. The molecule has 0 saturated heterocycles. The zero-order chi connectivity index (χ0) is 10.2. The predicted octanol–water partition coefficient (Wildman–Crippen LogP) is 1.68. The van der Waals surface area contributed by atoms with Gasteiger partial charge in [0.25, 0.3) is 0 Å². The van der Waals surface area contributed by atoms with Crippen molar-refractivity contribution in [1.82, 2.24) is 14.9 Å². The molecule has 0 aromatic carbocycles. The van der Waals surface area contributed by atoms with Crippen LogP contribution < -0.4 is 10.6 Å². The molecule has 0 unspecified atom stereocenters. The SMILES string of the molecule is O=C(NCCCCCl)Nc1cnns1. The van der Waals surface area contributed by atoms with Crippen molar-refractivity contribution >= 4 is 34.2 Å². The Hall–Kier alpha value is -0.880. The van der Waals surface area contributed by atoms with E-state index in [1.807, 2.05) is 0 Å². The summed E-state index contributed by atoms with van der Waals surface area (Å²) in [5.74, 6) is 0.627. The van der Waals surface area contributed by atoms with Gasteiger partial charge in [0.1, 0.15) is 5.00 Å². The third kappa shape index (κ3) is 4.38. The Kier molecular flexibility index (Phi) is 5.24. The molecule has 5 nitrogen and oxygen atoms in total. The molecule has 0 bridgehead atoms. The van der Waals surface area contributed by atoms with E-state index < -0.39 is 0 Å². The maximum Gasteiger partial charge on any atom is 0.319 e. The van der Waals surface area contributed by atoms with Gasteiger partial charge in [-0.15, -0.1) is 16.7 Å². The number of hydrogen-bond donors (Lipinski definition) is 2. The van der Waals surface area contributed by atoms with Crippen molar-refractivity contribution in [3.05, 3.63) is 6.20 Å². The topological polar surface area (TPSA) is 66.9 Å². The number of anilines is 1. The second-order valence-electron chi connectivity index (χ2n) is 2.56. The first-order chi connectivity index (χ1) is 6.83. The Balaban J connectivity index is 2.11. The minimum atomic E-state index is -0.231. The molecule has 7 heteroatoms. The van der Waals surface area contributed by atoms with Crippen molar-refractivity contribution in [3.8, 4) is 0 Å². The number of nitrogens with one attached hydrogen (secondary N) is 2. The van der Waals surface area contributed by atoms with Gasteiger partial charge < -0.3 is 5.32 Å². The van der Waals surface area contributed by atoms with Crippen LogP contribution in [0.4, 0.5) is 9.80 Å². The Morgan fingerprint density at radius 2 is 2.43 bits per heavy atom. The molecule has 0 fully saturated rings. The summed E-state index contributed by atoms with van der Waals surface area (Å²) >= 11 is 6.63. The number of rotatable bonds is 5. The summed E-state index contributed by atoms with van der Waals surface area (Å²) < 4.78 is 3.62. The quantitative estimate of drug-likeness (QED) is 0.602. The number of unbranched alkanes of at least 4 members (excludes halogenated alkanes) is 1. The van der Waals surface area contributed by atoms with E-state index in [1.165, 1.54) is 6.20 Å². The van der Waals surface area contributed by atoms with Crippen LogP contribution in [-0.4, -0.2) is 28.0 Å². The molecular formula is C7H11ClN4OS. The zero-order valence-corrected chi connectivity index (χ0v) is 9.07. The first kappa shape index (κ1) is 11.2. The monoisotopic (exact) mass is 234 g/mol. The zero-order valence-electron chi connectivity index (χ0n) is 7.49. The van der Waals surface area contributed by atoms with Crippen LogP contribution in [0.25, 0.3) is 0 Å². The van der Waals surface area contributed by atoms with Gasteiger partial charge in [-0.3, -0.25) is 5.32 Å². The average molecular weight is 235 g/mol. The summed E-state index contributed by atoms with van der Waals surface area (Å²) in [6, 6.07) is -0.231. The van der Waals surface area contributed by atoms with Crippen LogP contribution in [0.3, 0.4) is 0 Å². The van der Waals surface area contributed by atoms with E-state index in [2.05, 4.69) is 20.2 Å². The minimum absolute atomic E-state index is 0.231. The van der Waals surface area contributed by atoms with Crippen molar-refractivity contribution in [2.45, 2.75) is 12.8 Å². The predicted molar refractivity (Wildman–Crippen MR) is 56.9 cm³/mol. The number of urea groups is 1. The van der Waals surface area contributed by atoms with Gasteiger partial charge in [0.15, 0.2) is 0 Å². The first-order valence-electron chi connectivity index (χ1n) is 4.21. The highest BCUT2D eigenvalue weighted by molar-refractivity contribution is 7.10. The van der Waals surface area contributed by atoms with Gasteiger partial charge in [0, 0.05) is 24.0 Å². The maximum absolute atomic E-state index is 11.2. The summed E-state index contributed by atoms with van der Waals surface area (Å²) in [6.07, 6.45) is 3.30. The largest absolute Gasteiger partial charge is 0.338 e. The Labute approximate surface area is 91.0 Å². The summed E-state index contributed by atoms with van der Waals surface area (Å²) in [5, 5.41) is 9.54. The highest BCUT2D eigenvalue weighted by Gasteiger charge is 2.01. The van der Waals surface area contributed by atoms with Crippen molar-refractivity contribution in [2.75, 3.05) is 17.7 Å². The van der Waals surface area contributed by atoms with Gasteiger partial charge in [-0.05, 0) is 12.8 Å². The summed E-state index contributed by atoms with van der Waals surface area (Å²) in [4.78, 5) is 11.2. The van der Waals surface area contributed by atoms with Gasteiger partial charge in [-0.1, -0.05) is 4.49 Å². The minimum Gasteiger partial charge on any atom is -0.338 e. The van der Waals surface area contributed by atoms with Crippen LogP contribution in [-0.2, 0) is 0 Å². The van der Waals surface area contributed by atoms with E-state index in [0.29, 0.717) is 17.4 Å². The first-order valence-corrected chi connectivity index (χ1v) is 5.52. The summed E-state index contributed by atoms with van der Waals surface area (Å²) in [6.45, 7) is 0.630. The molecule has 14 heavy (non-hydrogen) atoms. The third-order valence-corrected chi connectivity index (χ3v) is 2.29. The van der Waals surface area contributed by atoms with Gasteiger partial charge in [-0.25, -0.2) is 4.79 Å². The van der Waals surface area contributed by atoms with Crippen molar-refractivity contribution in [3.63, 3.8) is 0 Å². The molecule has 0 saturated carbocycles. The van der Waals surface area contributed by atoms with E-state index in [9.17, 15) is 4.79 Å². The second kappa shape index (κ2) is 6.56. The van der Waals surface area contributed by atoms with Crippen LogP contribution in [0.2, 0.25) is 0 Å².